The largest absolute Gasteiger partial charge is 0.464 e. The molecule has 16 rings (SSSR count). The van der Waals surface area contributed by atoms with Gasteiger partial charge < -0.3 is 28.9 Å². The second-order valence-corrected chi connectivity index (χ2v) is 36.0. The number of nitrogens with zero attached hydrogens (tertiary/aromatic N) is 4. The Labute approximate surface area is 621 Å². The summed E-state index contributed by atoms with van der Waals surface area (Å²) >= 11 is 1.84. The monoisotopic (exact) mass is 1410 g/mol. The Kier molecular flexibility index (Phi) is 23.9. The van der Waals surface area contributed by atoms with Crippen LogP contribution in [0.1, 0.15) is 211 Å². The highest BCUT2D eigenvalue weighted by Gasteiger charge is 2.25. The summed E-state index contributed by atoms with van der Waals surface area (Å²) in [4.78, 5) is 21.6. The number of H-pyrrole nitrogens is 5. The molecule has 0 radical (unpaired) electrons. The van der Waals surface area contributed by atoms with Crippen molar-refractivity contribution < 1.29 is 8.94 Å². The van der Waals surface area contributed by atoms with Gasteiger partial charge in [0, 0.05) is 113 Å². The number of furan rings is 1. The van der Waals surface area contributed by atoms with Crippen molar-refractivity contribution in [1.82, 2.24) is 45.3 Å². The van der Waals surface area contributed by atoms with E-state index >= 15 is 0 Å². The summed E-state index contributed by atoms with van der Waals surface area (Å²) in [5.74, 6) is 0. The Bertz CT molecular complexity index is 4380. The van der Waals surface area contributed by atoms with Crippen LogP contribution in [0, 0.1) is 0 Å². The van der Waals surface area contributed by atoms with Crippen LogP contribution in [0.4, 0.5) is 0 Å². The zero-order valence-electron chi connectivity index (χ0n) is 66.3. The third-order valence-electron chi connectivity index (χ3n) is 18.2. The molecule has 0 aliphatic rings. The van der Waals surface area contributed by atoms with E-state index in [1.165, 1.54) is 87.1 Å². The average molecular weight is 1410 g/mol. The third-order valence-corrected chi connectivity index (χ3v) is 19.1. The van der Waals surface area contributed by atoms with Gasteiger partial charge in [-0.2, -0.15) is 5.10 Å². The van der Waals surface area contributed by atoms with Gasteiger partial charge in [0.15, 0.2) is 5.58 Å². The molecule has 0 saturated heterocycles. The maximum atomic E-state index is 5.48. The van der Waals surface area contributed by atoms with E-state index in [9.17, 15) is 0 Å². The Hall–Kier alpha value is -9.78. The van der Waals surface area contributed by atoms with E-state index in [1.807, 2.05) is 103 Å². The summed E-state index contributed by atoms with van der Waals surface area (Å²) in [6, 6.07) is 57.9. The molecule has 0 amide bonds. The van der Waals surface area contributed by atoms with Gasteiger partial charge in [-0.15, -0.1) is 11.3 Å². The molecule has 16 aromatic rings. The fourth-order valence-corrected chi connectivity index (χ4v) is 13.7. The summed E-state index contributed by atoms with van der Waals surface area (Å²) in [6.45, 7) is 53.0. The van der Waals surface area contributed by atoms with Gasteiger partial charge in [-0.1, -0.05) is 274 Å². The van der Waals surface area contributed by atoms with Crippen LogP contribution in [-0.4, -0.2) is 45.3 Å². The van der Waals surface area contributed by atoms with Crippen molar-refractivity contribution in [2.45, 2.75) is 209 Å². The average Bonchev–Trinajstić information content (AvgIpc) is 1.72. The van der Waals surface area contributed by atoms with Crippen molar-refractivity contribution in [1.29, 1.82) is 0 Å². The number of pyridine rings is 2. The van der Waals surface area contributed by atoms with Crippen molar-refractivity contribution in [3.05, 3.63) is 263 Å². The number of aromatic amines is 5. The highest BCUT2D eigenvalue weighted by molar-refractivity contribution is 7.17. The van der Waals surface area contributed by atoms with Crippen LogP contribution < -0.4 is 0 Å². The molecule has 0 fully saturated rings. The van der Waals surface area contributed by atoms with Crippen molar-refractivity contribution in [2.75, 3.05) is 0 Å². The maximum absolute atomic E-state index is 5.48. The number of nitrogens with one attached hydrogen (secondary N) is 5. The fraction of sp³-hybridized carbons (Fsp3) is 0.348. The zero-order valence-corrected chi connectivity index (χ0v) is 67.1. The van der Waals surface area contributed by atoms with Gasteiger partial charge >= 0.3 is 0 Å². The number of fused-ring (bicyclic) bond motifs is 8. The Morgan fingerprint density at radius 1 is 0.327 bits per heavy atom. The minimum absolute atomic E-state index is 0.0482. The molecule has 11 nitrogen and oxygen atoms in total. The smallest absolute Gasteiger partial charge is 0.167 e. The molecule has 10 aromatic heterocycles. The first-order valence-electron chi connectivity index (χ1n) is 36.4. The molecule has 10 heterocycles. The van der Waals surface area contributed by atoms with Crippen LogP contribution in [0.5, 0.6) is 0 Å². The summed E-state index contributed by atoms with van der Waals surface area (Å²) < 4.78 is 12.1. The molecule has 544 valence electrons. The number of hydrogen-bond donors (Lipinski definition) is 5. The topological polar surface area (TPSA) is 157 Å². The summed E-state index contributed by atoms with van der Waals surface area (Å²) in [7, 11) is 0. The lowest BCUT2D eigenvalue weighted by Crippen LogP contribution is -2.11. The molecule has 5 N–H and O–H groups in total. The Balaban J connectivity index is 0.000000138. The molecule has 0 saturated carbocycles. The Morgan fingerprint density at radius 3 is 1.31 bits per heavy atom. The van der Waals surface area contributed by atoms with E-state index in [2.05, 4.69) is 339 Å². The van der Waals surface area contributed by atoms with Crippen molar-refractivity contribution in [3.63, 3.8) is 0 Å². The summed E-state index contributed by atoms with van der Waals surface area (Å²) in [5, 5.41) is 22.7. The van der Waals surface area contributed by atoms with Gasteiger partial charge in [0.05, 0.1) is 28.5 Å². The standard InChI is InChI=1S/2C12H15N.C12H14O.C12H14S.3C11H14N2.C11H13NO/c4*1-12(2,3)10-8-13-11-7-5-4-6-9(10)11;1-11(2,3)8-7-13-9-5-4-6-12-10(8)9;1-11(2,3)9-7-13-10-8(9)5-4-6-12-10;1-11(2,3)10-8-6-4-5-7-9(8)12-13-10;1-11(2,3)10-8-6-4-5-7-9(8)13-12-10/h2*4-8,13H,1-3H3;2*4-8H,1-3H3;4-7,13H,1-3H3;2*4-7H,1-3H3,(H,12,13);4-7H,1-3H3. The predicted octanol–water partition coefficient (Wildman–Crippen LogP) is 26.6. The number of rotatable bonds is 0. The van der Waals surface area contributed by atoms with Gasteiger partial charge in [0.2, 0.25) is 0 Å². The first-order valence-corrected chi connectivity index (χ1v) is 37.3. The third kappa shape index (κ3) is 19.5. The van der Waals surface area contributed by atoms with Gasteiger partial charge in [0.25, 0.3) is 0 Å². The second kappa shape index (κ2) is 31.7. The van der Waals surface area contributed by atoms with Gasteiger partial charge in [-0.25, -0.2) is 4.98 Å². The van der Waals surface area contributed by atoms with Crippen molar-refractivity contribution >= 4 is 98.1 Å². The normalized spacial score (nSPS) is 12.2. The van der Waals surface area contributed by atoms with Crippen LogP contribution in [0.25, 0.3) is 86.8 Å². The minimum Gasteiger partial charge on any atom is -0.464 e. The van der Waals surface area contributed by atoms with Gasteiger partial charge in [-0.05, 0) is 132 Å². The summed E-state index contributed by atoms with van der Waals surface area (Å²) in [6.07, 6.45) is 13.9. The number of hydrogen-bond acceptors (Lipinski definition) is 7. The molecule has 0 aliphatic carbocycles. The van der Waals surface area contributed by atoms with Crippen LogP contribution in [0.3, 0.4) is 0 Å². The van der Waals surface area contributed by atoms with Crippen LogP contribution >= 0.6 is 11.3 Å². The summed E-state index contributed by atoms with van der Waals surface area (Å²) in [5.41, 5.74) is 20.3. The molecular weight excluding hydrogens is 1300 g/mol. The van der Waals surface area contributed by atoms with Gasteiger partial charge in [-0.3, -0.25) is 10.1 Å². The number of aromatic nitrogens is 9. The van der Waals surface area contributed by atoms with Crippen LogP contribution in [0.2, 0.25) is 0 Å². The van der Waals surface area contributed by atoms with Crippen LogP contribution in [-0.2, 0) is 43.3 Å². The molecule has 0 unspecified atom stereocenters. The molecule has 6 aromatic carbocycles. The molecular formula is C92H113N9O2S. The molecule has 0 bridgehead atoms. The van der Waals surface area contributed by atoms with E-state index in [1.54, 1.807) is 0 Å². The minimum atomic E-state index is 0.0482. The lowest BCUT2D eigenvalue weighted by molar-refractivity contribution is 0.419. The van der Waals surface area contributed by atoms with E-state index in [0.29, 0.717) is 0 Å². The number of thiophene rings is 1. The molecule has 12 heteroatoms. The first kappa shape index (κ1) is 78.4. The van der Waals surface area contributed by atoms with Crippen LogP contribution in [0.15, 0.2) is 228 Å². The van der Waals surface area contributed by atoms with Gasteiger partial charge in [0.1, 0.15) is 11.2 Å². The molecule has 0 spiro atoms. The SMILES string of the molecule is CC(C)(C)c1[nH]nc2ccccc12.CC(C)(C)c1c[nH]c2ccccc12.CC(C)(C)c1c[nH]c2ccccc12.CC(C)(C)c1c[nH]c2cccnc12.CC(C)(C)c1c[nH]c2ncccc12.CC(C)(C)c1coc2ccccc12.CC(C)(C)c1csc2ccccc12.CC(C)(C)c1noc2ccccc12. The Morgan fingerprint density at radius 2 is 0.750 bits per heavy atom. The first-order chi connectivity index (χ1) is 48.7. The fourth-order valence-electron chi connectivity index (χ4n) is 12.6. The second-order valence-electron chi connectivity index (χ2n) is 35.1. The van der Waals surface area contributed by atoms with E-state index in [0.717, 1.165) is 44.4 Å². The molecule has 0 aliphatic heterocycles. The molecule has 104 heavy (non-hydrogen) atoms. The van der Waals surface area contributed by atoms with Crippen molar-refractivity contribution in [3.8, 4) is 0 Å². The lowest BCUT2D eigenvalue weighted by atomic mass is 9.87. The van der Waals surface area contributed by atoms with E-state index < -0.39 is 0 Å². The number of para-hydroxylation sites is 5. The van der Waals surface area contributed by atoms with E-state index in [4.69, 9.17) is 8.94 Å². The zero-order chi connectivity index (χ0) is 75.8. The number of benzene rings is 6. The maximum Gasteiger partial charge on any atom is 0.167 e. The van der Waals surface area contributed by atoms with E-state index in [-0.39, 0.29) is 43.3 Å². The highest BCUT2D eigenvalue weighted by Crippen LogP contribution is 2.37. The lowest BCUT2D eigenvalue weighted by Gasteiger charge is -2.17. The molecule has 0 atom stereocenters. The highest BCUT2D eigenvalue weighted by atomic mass is 32.1. The predicted molar refractivity (Wildman–Crippen MR) is 447 cm³/mol. The van der Waals surface area contributed by atoms with Crippen molar-refractivity contribution in [2.24, 2.45) is 0 Å². The quantitative estimate of drug-likeness (QED) is 0.102.